The van der Waals surface area contributed by atoms with Crippen LogP contribution in [0.1, 0.15) is 17.5 Å². The average molecular weight is 412 g/mol. The molecule has 3 rings (SSSR count). The van der Waals surface area contributed by atoms with E-state index < -0.39 is 9.84 Å². The van der Waals surface area contributed by atoms with Crippen LogP contribution in [0.4, 0.5) is 0 Å². The minimum Gasteiger partial charge on any atom is -0.334 e. The van der Waals surface area contributed by atoms with Crippen LogP contribution in [0.25, 0.3) is 0 Å². The van der Waals surface area contributed by atoms with Gasteiger partial charge in [-0.1, -0.05) is 59.6 Å². The Bertz CT molecular complexity index is 900. The smallest absolute Gasteiger partial charge is 0.227 e. The van der Waals surface area contributed by atoms with Crippen molar-refractivity contribution in [3.05, 3.63) is 69.7 Å². The van der Waals surface area contributed by atoms with Crippen molar-refractivity contribution < 1.29 is 13.2 Å². The van der Waals surface area contributed by atoms with E-state index in [2.05, 4.69) is 0 Å². The number of amides is 1. The third-order valence-corrected chi connectivity index (χ3v) is 6.99. The van der Waals surface area contributed by atoms with Gasteiger partial charge in [0.2, 0.25) is 5.91 Å². The highest BCUT2D eigenvalue weighted by Gasteiger charge is 2.34. The fraction of sp³-hybridized carbons (Fsp3) is 0.316. The molecule has 1 atom stereocenters. The predicted molar refractivity (Wildman–Crippen MR) is 104 cm³/mol. The van der Waals surface area contributed by atoms with E-state index in [1.807, 2.05) is 30.3 Å². The van der Waals surface area contributed by atoms with Gasteiger partial charge in [0.25, 0.3) is 0 Å². The molecule has 0 bridgehead atoms. The lowest BCUT2D eigenvalue weighted by molar-refractivity contribution is -0.133. The Morgan fingerprint density at radius 1 is 1.04 bits per heavy atom. The van der Waals surface area contributed by atoms with Crippen LogP contribution in [0, 0.1) is 0 Å². The first-order chi connectivity index (χ1) is 12.3. The van der Waals surface area contributed by atoms with Crippen LogP contribution >= 0.6 is 23.2 Å². The summed E-state index contributed by atoms with van der Waals surface area (Å²) < 4.78 is 23.8. The summed E-state index contributed by atoms with van der Waals surface area (Å²) in [6, 6.07) is 14.4. The molecule has 0 aromatic heterocycles. The molecule has 2 aromatic rings. The molecule has 0 unspecified atom stereocenters. The fourth-order valence-corrected chi connectivity index (χ4v) is 5.20. The van der Waals surface area contributed by atoms with E-state index in [1.54, 1.807) is 23.1 Å². The SMILES string of the molecule is O=C(Cc1ccc(Cl)c(Cl)c1)N(Cc1ccccc1)[C@@H]1CCS(=O)(=O)C1. The monoisotopic (exact) mass is 411 g/mol. The molecule has 138 valence electrons. The Morgan fingerprint density at radius 3 is 2.38 bits per heavy atom. The second-order valence-corrected chi connectivity index (χ2v) is 9.53. The van der Waals surface area contributed by atoms with Crippen molar-refractivity contribution in [1.29, 1.82) is 0 Å². The second-order valence-electron chi connectivity index (χ2n) is 6.49. The van der Waals surface area contributed by atoms with E-state index in [0.717, 1.165) is 11.1 Å². The van der Waals surface area contributed by atoms with E-state index in [1.165, 1.54) is 0 Å². The Balaban J connectivity index is 1.81. The van der Waals surface area contributed by atoms with Crippen molar-refractivity contribution in [2.24, 2.45) is 0 Å². The quantitative estimate of drug-likeness (QED) is 0.752. The molecule has 0 saturated carbocycles. The van der Waals surface area contributed by atoms with Gasteiger partial charge in [0.1, 0.15) is 0 Å². The summed E-state index contributed by atoms with van der Waals surface area (Å²) in [5, 5.41) is 0.834. The summed E-state index contributed by atoms with van der Waals surface area (Å²) in [6.07, 6.45) is 0.628. The molecule has 4 nitrogen and oxygen atoms in total. The highest BCUT2D eigenvalue weighted by Crippen LogP contribution is 2.25. The molecular weight excluding hydrogens is 393 g/mol. The van der Waals surface area contributed by atoms with Crippen molar-refractivity contribution in [2.45, 2.75) is 25.4 Å². The molecule has 2 aromatic carbocycles. The minimum atomic E-state index is -3.08. The Kier molecular flexibility index (Phi) is 5.90. The largest absolute Gasteiger partial charge is 0.334 e. The summed E-state index contributed by atoms with van der Waals surface area (Å²) >= 11 is 12.0. The van der Waals surface area contributed by atoms with Gasteiger partial charge in [-0.25, -0.2) is 8.42 Å². The first-order valence-corrected chi connectivity index (χ1v) is 10.9. The first kappa shape index (κ1) is 19.2. The van der Waals surface area contributed by atoms with Crippen molar-refractivity contribution in [1.82, 2.24) is 4.90 Å². The van der Waals surface area contributed by atoms with E-state index in [0.29, 0.717) is 23.0 Å². The summed E-state index contributed by atoms with van der Waals surface area (Å²) in [5.41, 5.74) is 1.72. The number of carbonyl (C=O) groups is 1. The van der Waals surface area contributed by atoms with Crippen LogP contribution in [0.3, 0.4) is 0 Å². The molecule has 1 heterocycles. The highest BCUT2D eigenvalue weighted by atomic mass is 35.5. The van der Waals surface area contributed by atoms with Gasteiger partial charge in [-0.15, -0.1) is 0 Å². The minimum absolute atomic E-state index is 0.0208. The van der Waals surface area contributed by atoms with Gasteiger partial charge < -0.3 is 4.90 Å². The third-order valence-electron chi connectivity index (χ3n) is 4.50. The van der Waals surface area contributed by atoms with Gasteiger partial charge >= 0.3 is 0 Å². The summed E-state index contributed by atoms with van der Waals surface area (Å²) in [5.74, 6) is 0.0324. The van der Waals surface area contributed by atoms with E-state index >= 15 is 0 Å². The maximum atomic E-state index is 13.0. The number of halogens is 2. The summed E-state index contributed by atoms with van der Waals surface area (Å²) in [7, 11) is -3.08. The summed E-state index contributed by atoms with van der Waals surface area (Å²) in [6.45, 7) is 0.390. The van der Waals surface area contributed by atoms with Gasteiger partial charge in [-0.2, -0.15) is 0 Å². The highest BCUT2D eigenvalue weighted by molar-refractivity contribution is 7.91. The predicted octanol–water partition coefficient (Wildman–Crippen LogP) is 3.75. The molecule has 1 aliphatic rings. The average Bonchev–Trinajstić information content (AvgIpc) is 2.96. The molecule has 7 heteroatoms. The third kappa shape index (κ3) is 4.78. The number of hydrogen-bond acceptors (Lipinski definition) is 3. The molecular formula is C19H19Cl2NO3S. The molecule has 1 saturated heterocycles. The summed E-state index contributed by atoms with van der Waals surface area (Å²) in [4.78, 5) is 14.6. The number of hydrogen-bond donors (Lipinski definition) is 0. The first-order valence-electron chi connectivity index (χ1n) is 8.32. The maximum absolute atomic E-state index is 13.0. The Labute approximate surface area is 163 Å². The normalized spacial score (nSPS) is 18.6. The standard InChI is InChI=1S/C19H19Cl2NO3S/c20-17-7-6-15(10-18(17)21)11-19(23)22(12-14-4-2-1-3-5-14)16-8-9-26(24,25)13-16/h1-7,10,16H,8-9,11-13H2/t16-/m1/s1. The molecule has 0 radical (unpaired) electrons. The number of benzene rings is 2. The topological polar surface area (TPSA) is 54.5 Å². The van der Waals surface area contributed by atoms with E-state index in [-0.39, 0.29) is 29.9 Å². The van der Waals surface area contributed by atoms with E-state index in [4.69, 9.17) is 23.2 Å². The van der Waals surface area contributed by atoms with Crippen LogP contribution in [0.5, 0.6) is 0 Å². The molecule has 1 aliphatic heterocycles. The van der Waals surface area contributed by atoms with Crippen molar-refractivity contribution in [3.63, 3.8) is 0 Å². The fourth-order valence-electron chi connectivity index (χ4n) is 3.15. The molecule has 0 N–H and O–H groups in total. The van der Waals surface area contributed by atoms with Crippen LogP contribution in [0.15, 0.2) is 48.5 Å². The molecule has 1 fully saturated rings. The van der Waals surface area contributed by atoms with Gasteiger partial charge in [0.15, 0.2) is 9.84 Å². The lowest BCUT2D eigenvalue weighted by atomic mass is 10.1. The van der Waals surface area contributed by atoms with Crippen LogP contribution in [-0.2, 0) is 27.6 Å². The number of sulfone groups is 1. The van der Waals surface area contributed by atoms with Crippen LogP contribution in [0.2, 0.25) is 10.0 Å². The van der Waals surface area contributed by atoms with Gasteiger partial charge in [0.05, 0.1) is 28.0 Å². The van der Waals surface area contributed by atoms with Crippen molar-refractivity contribution in [2.75, 3.05) is 11.5 Å². The number of nitrogens with zero attached hydrogens (tertiary/aromatic N) is 1. The van der Waals surface area contributed by atoms with E-state index in [9.17, 15) is 13.2 Å². The lowest BCUT2D eigenvalue weighted by Crippen LogP contribution is -2.41. The number of carbonyl (C=O) groups excluding carboxylic acids is 1. The van der Waals surface area contributed by atoms with Gasteiger partial charge in [-0.3, -0.25) is 4.79 Å². The molecule has 1 amide bonds. The molecule has 26 heavy (non-hydrogen) atoms. The Morgan fingerprint density at radius 2 is 1.77 bits per heavy atom. The molecule has 0 aliphatic carbocycles. The Hall–Kier alpha value is -1.56. The maximum Gasteiger partial charge on any atom is 0.227 e. The second kappa shape index (κ2) is 7.99. The van der Waals surface area contributed by atoms with Crippen LogP contribution < -0.4 is 0 Å². The van der Waals surface area contributed by atoms with Crippen molar-refractivity contribution >= 4 is 38.9 Å². The number of rotatable bonds is 5. The molecule has 0 spiro atoms. The van der Waals surface area contributed by atoms with Crippen LogP contribution in [-0.4, -0.2) is 36.8 Å². The zero-order valence-electron chi connectivity index (χ0n) is 14.1. The zero-order chi connectivity index (χ0) is 18.7. The van der Waals surface area contributed by atoms with Gasteiger partial charge in [-0.05, 0) is 29.7 Å². The zero-order valence-corrected chi connectivity index (χ0v) is 16.4. The lowest BCUT2D eigenvalue weighted by Gasteiger charge is -2.28. The van der Waals surface area contributed by atoms with Gasteiger partial charge in [0, 0.05) is 12.6 Å². The van der Waals surface area contributed by atoms with Crippen molar-refractivity contribution in [3.8, 4) is 0 Å².